The van der Waals surface area contributed by atoms with E-state index in [1.807, 2.05) is 44.2 Å². The molecule has 4 N–H and O–H groups in total. The van der Waals surface area contributed by atoms with Crippen molar-refractivity contribution in [3.05, 3.63) is 93.5 Å². The number of piperidine rings is 1. The number of nitrogens with one attached hydrogen (secondary N) is 1. The molecule has 0 radical (unpaired) electrons. The zero-order valence-electron chi connectivity index (χ0n) is 31.9. The number of phenolic OH excluding ortho intramolecular Hbond substituents is 1. The molecule has 0 unspecified atom stereocenters. The average Bonchev–Trinajstić information content (AvgIpc) is 3.14. The number of carbonyl (C=O) groups excluding carboxylic acids is 3. The van der Waals surface area contributed by atoms with Gasteiger partial charge in [-0.3, -0.25) is 19.3 Å². The highest BCUT2D eigenvalue weighted by Gasteiger charge is 2.54. The molecule has 3 aromatic carbocycles. The number of aromatic hydroxyl groups is 1. The van der Waals surface area contributed by atoms with E-state index in [0.29, 0.717) is 30.6 Å². The molecule has 5 aliphatic rings. The van der Waals surface area contributed by atoms with Crippen molar-refractivity contribution in [1.29, 1.82) is 0 Å². The average molecular weight is 733 g/mol. The molecule has 2 saturated carbocycles. The summed E-state index contributed by atoms with van der Waals surface area (Å²) in [5, 5.41) is 12.9. The molecule has 3 fully saturated rings. The lowest BCUT2D eigenvalue weighted by Gasteiger charge is -2.59. The Morgan fingerprint density at radius 2 is 1.72 bits per heavy atom. The van der Waals surface area contributed by atoms with Crippen LogP contribution in [0.3, 0.4) is 0 Å². The predicted molar refractivity (Wildman–Crippen MR) is 208 cm³/mol. The van der Waals surface area contributed by atoms with Crippen LogP contribution in [-0.4, -0.2) is 70.4 Å². The molecule has 2 bridgehead atoms. The quantitative estimate of drug-likeness (QED) is 0.178. The Labute approximate surface area is 319 Å². The number of hydrogen-bond donors (Lipinski definition) is 3. The van der Waals surface area contributed by atoms with Crippen LogP contribution in [0.15, 0.2) is 54.6 Å². The largest absolute Gasteiger partial charge is 0.508 e. The van der Waals surface area contributed by atoms with E-state index in [2.05, 4.69) is 22.3 Å². The van der Waals surface area contributed by atoms with E-state index >= 15 is 0 Å². The van der Waals surface area contributed by atoms with Crippen LogP contribution < -0.4 is 15.8 Å². The number of nitrogens with two attached hydrogens (primary N) is 1. The molecule has 54 heavy (non-hydrogen) atoms. The van der Waals surface area contributed by atoms with Crippen LogP contribution in [0.25, 0.3) is 0 Å². The highest BCUT2D eigenvalue weighted by atomic mass is 16.5. The summed E-state index contributed by atoms with van der Waals surface area (Å²) in [6, 6.07) is 16.5. The van der Waals surface area contributed by atoms with Gasteiger partial charge in [-0.25, -0.2) is 0 Å². The van der Waals surface area contributed by atoms with E-state index in [1.165, 1.54) is 75.6 Å². The van der Waals surface area contributed by atoms with Crippen LogP contribution in [0.2, 0.25) is 0 Å². The molecule has 8 rings (SSSR count). The number of aryl methyl sites for hydroxylation is 2. The van der Waals surface area contributed by atoms with E-state index < -0.39 is 12.1 Å². The van der Waals surface area contributed by atoms with E-state index in [9.17, 15) is 19.5 Å². The predicted octanol–water partition coefficient (Wildman–Crippen LogP) is 5.80. The standard InChI is InChI=1S/C45H56N4O5/c1-28-20-34(50)21-29(2)36(28)25-39(46)44(53)49-27-33-11-4-3-10-31(33)22-41(49)43(52)47-18-15-42(51)54-35-14-13-32-23-40-37-12-5-6-16-45(37,38(32)24-35)17-19-48(40)26-30-8-7-9-30/h3-4,10-11,13-14,20-21,24,30,37,39-41,50H,5-9,12,15-19,22-23,25-27,46H2,1-2H3,(H,47,52)/t37-,39-,40-,41-,45-/m0/s1. The third-order valence-electron chi connectivity index (χ3n) is 13.8. The molecule has 0 spiro atoms. The van der Waals surface area contributed by atoms with Gasteiger partial charge < -0.3 is 25.8 Å². The van der Waals surface area contributed by atoms with Gasteiger partial charge in [0.25, 0.3) is 0 Å². The van der Waals surface area contributed by atoms with Crippen LogP contribution in [-0.2, 0) is 45.6 Å². The highest BCUT2D eigenvalue weighted by Crippen LogP contribution is 2.56. The van der Waals surface area contributed by atoms with Crippen molar-refractivity contribution in [3.63, 3.8) is 0 Å². The first kappa shape index (κ1) is 36.8. The number of fused-ring (bicyclic) bond motifs is 2. The normalized spacial score (nSPS) is 25.4. The van der Waals surface area contributed by atoms with Gasteiger partial charge in [-0.15, -0.1) is 0 Å². The number of carbonyl (C=O) groups is 3. The molecule has 2 heterocycles. The Morgan fingerprint density at radius 3 is 2.48 bits per heavy atom. The van der Waals surface area contributed by atoms with Crippen molar-refractivity contribution in [1.82, 2.24) is 15.1 Å². The number of nitrogens with zero attached hydrogens (tertiary/aromatic N) is 2. The number of amides is 2. The van der Waals surface area contributed by atoms with Crippen LogP contribution in [0, 0.1) is 25.7 Å². The molecule has 3 aliphatic carbocycles. The lowest BCUT2D eigenvalue weighted by molar-refractivity contribution is -0.143. The molecular formula is C45H56N4O5. The fourth-order valence-electron chi connectivity index (χ4n) is 10.8. The molecule has 2 aliphatic heterocycles. The first-order chi connectivity index (χ1) is 26.1. The summed E-state index contributed by atoms with van der Waals surface area (Å²) in [6.45, 7) is 6.59. The van der Waals surface area contributed by atoms with Crippen molar-refractivity contribution in [3.8, 4) is 11.5 Å². The number of rotatable bonds is 10. The van der Waals surface area contributed by atoms with Gasteiger partial charge in [0.1, 0.15) is 17.5 Å². The lowest BCUT2D eigenvalue weighted by atomic mass is 9.52. The number of benzene rings is 3. The number of esters is 1. The zero-order chi connectivity index (χ0) is 37.6. The minimum atomic E-state index is -0.867. The number of ether oxygens (including phenoxy) is 1. The Bertz CT molecular complexity index is 1900. The molecule has 286 valence electrons. The fourth-order valence-corrected chi connectivity index (χ4v) is 10.8. The number of likely N-dealkylation sites (tertiary alicyclic amines) is 1. The van der Waals surface area contributed by atoms with Gasteiger partial charge in [0.05, 0.1) is 12.5 Å². The van der Waals surface area contributed by atoms with Crippen molar-refractivity contribution in [2.45, 2.75) is 121 Å². The van der Waals surface area contributed by atoms with Crippen molar-refractivity contribution >= 4 is 17.8 Å². The summed E-state index contributed by atoms with van der Waals surface area (Å²) in [7, 11) is 0. The topological polar surface area (TPSA) is 125 Å². The molecule has 5 atom stereocenters. The molecular weight excluding hydrogens is 677 g/mol. The third-order valence-corrected chi connectivity index (χ3v) is 13.8. The van der Waals surface area contributed by atoms with E-state index in [-0.39, 0.29) is 48.5 Å². The summed E-state index contributed by atoms with van der Waals surface area (Å²) in [5.74, 6) is 1.30. The van der Waals surface area contributed by atoms with E-state index in [0.717, 1.165) is 40.2 Å². The Hall–Kier alpha value is -4.21. The molecule has 9 heteroatoms. The lowest BCUT2D eigenvalue weighted by Crippen LogP contribution is -2.61. The monoisotopic (exact) mass is 732 g/mol. The summed E-state index contributed by atoms with van der Waals surface area (Å²) >= 11 is 0. The summed E-state index contributed by atoms with van der Waals surface area (Å²) in [5.41, 5.74) is 14.2. The Balaban J connectivity index is 0.908. The van der Waals surface area contributed by atoms with Crippen LogP contribution in [0.1, 0.15) is 96.7 Å². The summed E-state index contributed by atoms with van der Waals surface area (Å²) < 4.78 is 5.94. The maximum Gasteiger partial charge on any atom is 0.312 e. The first-order valence-electron chi connectivity index (χ1n) is 20.4. The summed E-state index contributed by atoms with van der Waals surface area (Å²) in [4.78, 5) is 45.3. The van der Waals surface area contributed by atoms with E-state index in [4.69, 9.17) is 10.5 Å². The van der Waals surface area contributed by atoms with Gasteiger partial charge in [0.15, 0.2) is 0 Å². The van der Waals surface area contributed by atoms with Crippen LogP contribution in [0.4, 0.5) is 0 Å². The zero-order valence-corrected chi connectivity index (χ0v) is 31.9. The van der Waals surface area contributed by atoms with Crippen LogP contribution in [0.5, 0.6) is 11.5 Å². The molecule has 2 amide bonds. The minimum absolute atomic E-state index is 0.0188. The van der Waals surface area contributed by atoms with Crippen LogP contribution >= 0.6 is 0 Å². The number of phenols is 1. The van der Waals surface area contributed by atoms with E-state index in [1.54, 1.807) is 17.0 Å². The molecule has 3 aromatic rings. The smallest absolute Gasteiger partial charge is 0.312 e. The molecule has 9 nitrogen and oxygen atoms in total. The highest BCUT2D eigenvalue weighted by molar-refractivity contribution is 5.91. The second kappa shape index (κ2) is 15.1. The minimum Gasteiger partial charge on any atom is -0.508 e. The number of hydrogen-bond acceptors (Lipinski definition) is 7. The second-order valence-corrected chi connectivity index (χ2v) is 17.0. The Morgan fingerprint density at radius 1 is 0.944 bits per heavy atom. The van der Waals surface area contributed by atoms with Gasteiger partial charge in [0, 0.05) is 37.5 Å². The fraction of sp³-hybridized carbons (Fsp3) is 0.533. The van der Waals surface area contributed by atoms with Gasteiger partial charge in [0.2, 0.25) is 11.8 Å². The van der Waals surface area contributed by atoms with Crippen molar-refractivity contribution in [2.24, 2.45) is 17.6 Å². The maximum absolute atomic E-state index is 13.9. The van der Waals surface area contributed by atoms with Gasteiger partial charge in [-0.2, -0.15) is 0 Å². The van der Waals surface area contributed by atoms with Crippen molar-refractivity contribution in [2.75, 3.05) is 19.6 Å². The third kappa shape index (κ3) is 7.05. The van der Waals surface area contributed by atoms with Gasteiger partial charge in [-0.1, -0.05) is 49.6 Å². The van der Waals surface area contributed by atoms with Gasteiger partial charge >= 0.3 is 5.97 Å². The second-order valence-electron chi connectivity index (χ2n) is 17.0. The SMILES string of the molecule is Cc1cc(O)cc(C)c1C[C@H](N)C(=O)N1Cc2ccccc2C[C@H]1C(=O)NCCC(=O)Oc1ccc2c(c1)[C@]13CCCC[C@H]1[C@H](C2)N(CC1CCC1)CC3. The molecule has 1 saturated heterocycles. The first-order valence-corrected chi connectivity index (χ1v) is 20.4. The summed E-state index contributed by atoms with van der Waals surface area (Å²) in [6.07, 6.45) is 12.2. The van der Waals surface area contributed by atoms with Gasteiger partial charge in [-0.05, 0) is 140 Å². The van der Waals surface area contributed by atoms with Crippen molar-refractivity contribution < 1.29 is 24.2 Å². The maximum atomic E-state index is 13.9. The molecule has 0 aromatic heterocycles. The Kier molecular flexibility index (Phi) is 10.3.